The van der Waals surface area contributed by atoms with Gasteiger partial charge in [0.25, 0.3) is 16.8 Å². The van der Waals surface area contributed by atoms with Crippen molar-refractivity contribution in [1.82, 2.24) is 9.97 Å². The molecule has 0 aliphatic carbocycles. The Kier molecular flexibility index (Phi) is 7.15. The average molecular weight is 486 g/mol. The van der Waals surface area contributed by atoms with Gasteiger partial charge < -0.3 is 20.6 Å². The molecule has 0 fully saturated rings. The molecule has 0 spiro atoms. The van der Waals surface area contributed by atoms with Gasteiger partial charge in [0, 0.05) is 56.1 Å². The van der Waals surface area contributed by atoms with Gasteiger partial charge in [-0.3, -0.25) is 24.4 Å². The van der Waals surface area contributed by atoms with E-state index in [1.807, 2.05) is 6.07 Å². The number of carbonyl (C=O) groups is 2. The van der Waals surface area contributed by atoms with E-state index >= 15 is 0 Å². The minimum Gasteiger partial charge on any atom is -0.480 e. The maximum absolute atomic E-state index is 12.3. The average Bonchev–Trinajstić information content (AvgIpc) is 2.89. The number of aromatic nitrogens is 2. The van der Waals surface area contributed by atoms with Crippen LogP contribution in [0.4, 0.5) is 17.1 Å². The largest absolute Gasteiger partial charge is 0.480 e. The summed E-state index contributed by atoms with van der Waals surface area (Å²) in [6, 6.07) is 12.4. The Hall–Kier alpha value is -4.86. The fraction of sp³-hybridized carbons (Fsp3) is 0.154. The summed E-state index contributed by atoms with van der Waals surface area (Å²) in [5.41, 5.74) is 1.23. The van der Waals surface area contributed by atoms with E-state index in [1.54, 1.807) is 66.8 Å². The van der Waals surface area contributed by atoms with Crippen LogP contribution in [0.1, 0.15) is 21.5 Å². The van der Waals surface area contributed by atoms with E-state index in [-0.39, 0.29) is 23.7 Å². The van der Waals surface area contributed by atoms with Gasteiger partial charge in [-0.15, -0.1) is 0 Å². The summed E-state index contributed by atoms with van der Waals surface area (Å²) in [7, 11) is 1.66. The topological polar surface area (TPSA) is 142 Å². The van der Waals surface area contributed by atoms with Crippen LogP contribution >= 0.6 is 0 Å². The van der Waals surface area contributed by atoms with Crippen LogP contribution in [-0.2, 0) is 17.8 Å². The van der Waals surface area contributed by atoms with Gasteiger partial charge >= 0.3 is 5.97 Å². The van der Waals surface area contributed by atoms with Crippen LogP contribution in [0.15, 0.2) is 82.9 Å². The van der Waals surface area contributed by atoms with Crippen LogP contribution in [0, 0.1) is 0 Å². The molecular formula is C26H23N5O5. The lowest BCUT2D eigenvalue weighted by Crippen LogP contribution is -2.44. The van der Waals surface area contributed by atoms with E-state index in [4.69, 9.17) is 0 Å². The number of carboxylic acids is 1. The molecule has 4 rings (SSSR count). The van der Waals surface area contributed by atoms with E-state index in [2.05, 4.69) is 20.6 Å². The van der Waals surface area contributed by atoms with Crippen molar-refractivity contribution in [3.05, 3.63) is 110 Å². The zero-order valence-corrected chi connectivity index (χ0v) is 19.3. The third-order valence-corrected chi connectivity index (χ3v) is 5.62. The van der Waals surface area contributed by atoms with E-state index in [9.17, 15) is 24.3 Å². The highest BCUT2D eigenvalue weighted by molar-refractivity contribution is 6.04. The van der Waals surface area contributed by atoms with Crippen molar-refractivity contribution in [3.63, 3.8) is 0 Å². The maximum atomic E-state index is 12.3. The molecule has 0 saturated heterocycles. The number of aliphatic carboxylic acids is 1. The molecule has 0 bridgehead atoms. The first kappa shape index (κ1) is 24.3. The molecule has 10 nitrogen and oxygen atoms in total. The highest BCUT2D eigenvalue weighted by atomic mass is 16.4. The number of anilines is 3. The summed E-state index contributed by atoms with van der Waals surface area (Å²) in [5.74, 6) is -1.46. The number of rotatable bonds is 10. The highest BCUT2D eigenvalue weighted by Gasteiger charge is 2.28. The Morgan fingerprint density at radius 3 is 2.31 bits per heavy atom. The molecule has 1 atom stereocenters. The maximum Gasteiger partial charge on any atom is 0.326 e. The first-order valence-corrected chi connectivity index (χ1v) is 11.1. The summed E-state index contributed by atoms with van der Waals surface area (Å²) in [4.78, 5) is 58.2. The number of carboxylic acid groups (broad SMARTS) is 1. The van der Waals surface area contributed by atoms with Gasteiger partial charge in [0.15, 0.2) is 0 Å². The number of carbonyl (C=O) groups excluding carboxylic acids is 1. The third kappa shape index (κ3) is 5.44. The lowest BCUT2D eigenvalue weighted by Gasteiger charge is -2.25. The number of nitrogens with zero attached hydrogens (tertiary/aromatic N) is 3. The molecule has 2 aromatic heterocycles. The zero-order valence-electron chi connectivity index (χ0n) is 19.3. The summed E-state index contributed by atoms with van der Waals surface area (Å²) in [6.07, 6.45) is 6.38. The number of pyridine rings is 2. The molecule has 2 aromatic carbocycles. The van der Waals surface area contributed by atoms with Crippen molar-refractivity contribution >= 4 is 28.9 Å². The summed E-state index contributed by atoms with van der Waals surface area (Å²) in [5, 5.41) is 15.3. The van der Waals surface area contributed by atoms with E-state index in [0.29, 0.717) is 23.4 Å². The lowest BCUT2D eigenvalue weighted by atomic mass is 10.0. The second kappa shape index (κ2) is 10.6. The van der Waals surface area contributed by atoms with E-state index in [1.165, 1.54) is 12.4 Å². The van der Waals surface area contributed by atoms with Crippen molar-refractivity contribution in [2.45, 2.75) is 19.0 Å². The van der Waals surface area contributed by atoms with Crippen LogP contribution in [0.5, 0.6) is 0 Å². The normalized spacial score (nSPS) is 11.6. The smallest absolute Gasteiger partial charge is 0.326 e. The number of benzene rings is 1. The number of hydrogen-bond acceptors (Lipinski definition) is 8. The molecule has 1 amide bonds. The van der Waals surface area contributed by atoms with Gasteiger partial charge in [-0.05, 0) is 41.5 Å². The van der Waals surface area contributed by atoms with Gasteiger partial charge in [-0.25, -0.2) is 4.79 Å². The Labute approximate surface area is 206 Å². The van der Waals surface area contributed by atoms with Crippen molar-refractivity contribution in [1.29, 1.82) is 0 Å². The molecule has 4 aromatic rings. The summed E-state index contributed by atoms with van der Waals surface area (Å²) >= 11 is 0. The van der Waals surface area contributed by atoms with Gasteiger partial charge in [-0.2, -0.15) is 0 Å². The number of hydrogen-bond donors (Lipinski definition) is 3. The number of nitrogens with one attached hydrogen (secondary N) is 2. The quantitative estimate of drug-likeness (QED) is 0.288. The Morgan fingerprint density at radius 2 is 1.67 bits per heavy atom. The van der Waals surface area contributed by atoms with Crippen molar-refractivity contribution in [2.24, 2.45) is 0 Å². The van der Waals surface area contributed by atoms with Crippen molar-refractivity contribution < 1.29 is 14.7 Å². The minimum atomic E-state index is -1.17. The standard InChI is InChI=1S/C26H23N5O5/c1-31(15-17-3-2-10-28-14-17)22-21(23(32)24(22)33)30-20(26(35)36)13-16-4-6-19(7-5-16)29-25(34)18-8-11-27-12-9-18/h2-12,14,20,30H,13,15H2,1H3,(H,29,34)(H,35,36). The SMILES string of the molecule is CN(Cc1cccnc1)c1c(NC(Cc2ccc(NC(=O)c3ccncc3)cc2)C(=O)O)c(=O)c1=O. The molecule has 1 unspecified atom stereocenters. The Morgan fingerprint density at radius 1 is 0.944 bits per heavy atom. The molecule has 0 saturated carbocycles. The zero-order chi connectivity index (χ0) is 25.7. The monoisotopic (exact) mass is 485 g/mol. The van der Waals surface area contributed by atoms with Crippen LogP contribution < -0.4 is 26.4 Å². The first-order valence-electron chi connectivity index (χ1n) is 11.1. The molecule has 0 aliphatic heterocycles. The van der Waals surface area contributed by atoms with E-state index < -0.39 is 22.9 Å². The molecule has 0 aliphatic rings. The Balaban J connectivity index is 1.44. The van der Waals surface area contributed by atoms with Crippen molar-refractivity contribution in [2.75, 3.05) is 22.6 Å². The molecular weight excluding hydrogens is 462 g/mol. The minimum absolute atomic E-state index is 0.0139. The van der Waals surface area contributed by atoms with Gasteiger partial charge in [0.1, 0.15) is 17.4 Å². The fourth-order valence-electron chi connectivity index (χ4n) is 3.76. The lowest BCUT2D eigenvalue weighted by molar-refractivity contribution is -0.137. The van der Waals surface area contributed by atoms with Gasteiger partial charge in [0.05, 0.1) is 0 Å². The fourth-order valence-corrected chi connectivity index (χ4v) is 3.76. The van der Waals surface area contributed by atoms with E-state index in [0.717, 1.165) is 5.56 Å². The molecule has 36 heavy (non-hydrogen) atoms. The van der Waals surface area contributed by atoms with Gasteiger partial charge in [0.2, 0.25) is 0 Å². The first-order chi connectivity index (χ1) is 17.3. The molecule has 182 valence electrons. The second-order valence-electron chi connectivity index (χ2n) is 8.23. The Bertz CT molecular complexity index is 1430. The molecule has 2 heterocycles. The molecule has 10 heteroatoms. The van der Waals surface area contributed by atoms with Crippen molar-refractivity contribution in [3.8, 4) is 0 Å². The summed E-state index contributed by atoms with van der Waals surface area (Å²) < 4.78 is 0. The predicted octanol–water partition coefficient (Wildman–Crippen LogP) is 2.07. The predicted molar refractivity (Wildman–Crippen MR) is 135 cm³/mol. The van der Waals surface area contributed by atoms with Gasteiger partial charge in [-0.1, -0.05) is 18.2 Å². The van der Waals surface area contributed by atoms with Crippen LogP contribution in [-0.4, -0.2) is 40.0 Å². The highest BCUT2D eigenvalue weighted by Crippen LogP contribution is 2.23. The van der Waals surface area contributed by atoms with Crippen LogP contribution in [0.3, 0.4) is 0 Å². The summed E-state index contributed by atoms with van der Waals surface area (Å²) in [6.45, 7) is 0.331. The number of amides is 1. The third-order valence-electron chi connectivity index (χ3n) is 5.62. The second-order valence-corrected chi connectivity index (χ2v) is 8.23. The van der Waals surface area contributed by atoms with Crippen LogP contribution in [0.2, 0.25) is 0 Å². The molecule has 0 radical (unpaired) electrons. The molecule has 3 N–H and O–H groups in total. The van der Waals surface area contributed by atoms with Crippen LogP contribution in [0.25, 0.3) is 0 Å².